The van der Waals surface area contributed by atoms with Crippen molar-refractivity contribution in [2.24, 2.45) is 0 Å². The first kappa shape index (κ1) is 20.0. The Bertz CT molecular complexity index is 911. The predicted octanol–water partition coefficient (Wildman–Crippen LogP) is 5.02. The number of rotatable bonds is 8. The number of imide groups is 1. The third-order valence-corrected chi connectivity index (χ3v) is 5.05. The van der Waals surface area contributed by atoms with Gasteiger partial charge in [0.25, 0.3) is 11.1 Å². The highest BCUT2D eigenvalue weighted by atomic mass is 35.5. The van der Waals surface area contributed by atoms with Crippen molar-refractivity contribution in [2.45, 2.75) is 0 Å². The van der Waals surface area contributed by atoms with Crippen LogP contribution in [0.4, 0.5) is 4.79 Å². The Morgan fingerprint density at radius 2 is 1.82 bits per heavy atom. The van der Waals surface area contributed by atoms with E-state index in [1.165, 1.54) is 4.90 Å². The lowest BCUT2D eigenvalue weighted by Crippen LogP contribution is -2.32. The summed E-state index contributed by atoms with van der Waals surface area (Å²) in [5.41, 5.74) is 0.809. The van der Waals surface area contributed by atoms with E-state index in [0.29, 0.717) is 28.0 Å². The van der Waals surface area contributed by atoms with Crippen LogP contribution in [0.1, 0.15) is 5.56 Å². The molecule has 0 saturated carbocycles. The average Bonchev–Trinajstić information content (AvgIpc) is 2.96. The van der Waals surface area contributed by atoms with Crippen molar-refractivity contribution in [2.75, 3.05) is 19.8 Å². The maximum Gasteiger partial charge on any atom is 0.293 e. The van der Waals surface area contributed by atoms with E-state index in [1.54, 1.807) is 48.6 Å². The Morgan fingerprint density at radius 3 is 2.54 bits per heavy atom. The fourth-order valence-corrected chi connectivity index (χ4v) is 3.52. The van der Waals surface area contributed by atoms with Gasteiger partial charge in [-0.1, -0.05) is 48.5 Å². The molecule has 1 aliphatic rings. The van der Waals surface area contributed by atoms with E-state index in [-0.39, 0.29) is 24.3 Å². The van der Waals surface area contributed by atoms with E-state index in [0.717, 1.165) is 17.3 Å². The summed E-state index contributed by atoms with van der Waals surface area (Å²) in [6, 6.07) is 14.3. The van der Waals surface area contributed by atoms with E-state index < -0.39 is 0 Å². The number of carbonyl (C=O) groups is 2. The largest absolute Gasteiger partial charge is 0.490 e. The van der Waals surface area contributed by atoms with E-state index >= 15 is 0 Å². The second-order valence-electron chi connectivity index (χ2n) is 5.78. The second-order valence-corrected chi connectivity index (χ2v) is 7.18. The fourth-order valence-electron chi connectivity index (χ4n) is 2.47. The Kier molecular flexibility index (Phi) is 6.79. The molecule has 144 valence electrons. The molecule has 0 spiro atoms. The molecule has 0 atom stereocenters. The highest BCUT2D eigenvalue weighted by molar-refractivity contribution is 8.18. The van der Waals surface area contributed by atoms with E-state index in [4.69, 9.17) is 21.1 Å². The zero-order valence-corrected chi connectivity index (χ0v) is 16.5. The zero-order chi connectivity index (χ0) is 19.9. The van der Waals surface area contributed by atoms with Crippen molar-refractivity contribution in [1.82, 2.24) is 4.90 Å². The summed E-state index contributed by atoms with van der Waals surface area (Å²) in [7, 11) is 0. The monoisotopic (exact) mass is 415 g/mol. The SMILES string of the molecule is C=CCOc1ccc(/C=C2\SC(=O)N(CCOc3ccccc3Cl)C2=O)cc1. The van der Waals surface area contributed by atoms with Gasteiger partial charge in [0.1, 0.15) is 24.7 Å². The number of hydrogen-bond donors (Lipinski definition) is 0. The van der Waals surface area contributed by atoms with Crippen molar-refractivity contribution >= 4 is 40.6 Å². The number of thioether (sulfide) groups is 1. The lowest BCUT2D eigenvalue weighted by Gasteiger charge is -2.13. The molecule has 7 heteroatoms. The maximum absolute atomic E-state index is 12.5. The molecule has 0 aromatic heterocycles. The minimum Gasteiger partial charge on any atom is -0.490 e. The first-order valence-electron chi connectivity index (χ1n) is 8.55. The number of amides is 2. The minimum absolute atomic E-state index is 0.154. The molecule has 2 aromatic carbocycles. The number of carbonyl (C=O) groups excluding carboxylic acids is 2. The van der Waals surface area contributed by atoms with Gasteiger partial charge in [0.2, 0.25) is 0 Å². The van der Waals surface area contributed by atoms with Crippen LogP contribution in [0.15, 0.2) is 66.1 Å². The van der Waals surface area contributed by atoms with Gasteiger partial charge in [-0.05, 0) is 47.7 Å². The van der Waals surface area contributed by atoms with Crippen LogP contribution in [0.25, 0.3) is 6.08 Å². The molecule has 0 N–H and O–H groups in total. The highest BCUT2D eigenvalue weighted by Gasteiger charge is 2.34. The summed E-state index contributed by atoms with van der Waals surface area (Å²) in [5.74, 6) is 0.900. The molecule has 1 aliphatic heterocycles. The average molecular weight is 416 g/mol. The van der Waals surface area contributed by atoms with Crippen LogP contribution < -0.4 is 9.47 Å². The van der Waals surface area contributed by atoms with Crippen molar-refractivity contribution < 1.29 is 19.1 Å². The highest BCUT2D eigenvalue weighted by Crippen LogP contribution is 2.32. The molecular weight excluding hydrogens is 398 g/mol. The van der Waals surface area contributed by atoms with Gasteiger partial charge in [-0.15, -0.1) is 0 Å². The van der Waals surface area contributed by atoms with Crippen molar-refractivity contribution in [3.8, 4) is 11.5 Å². The van der Waals surface area contributed by atoms with Crippen LogP contribution in [-0.4, -0.2) is 35.8 Å². The van der Waals surface area contributed by atoms with Crippen LogP contribution in [0, 0.1) is 0 Å². The molecule has 0 radical (unpaired) electrons. The van der Waals surface area contributed by atoms with Gasteiger partial charge in [-0.3, -0.25) is 14.5 Å². The second kappa shape index (κ2) is 9.48. The van der Waals surface area contributed by atoms with Crippen molar-refractivity contribution in [3.63, 3.8) is 0 Å². The van der Waals surface area contributed by atoms with Gasteiger partial charge < -0.3 is 9.47 Å². The predicted molar refractivity (Wildman–Crippen MR) is 112 cm³/mol. The maximum atomic E-state index is 12.5. The van der Waals surface area contributed by atoms with Gasteiger partial charge in [-0.25, -0.2) is 0 Å². The van der Waals surface area contributed by atoms with Crippen LogP contribution >= 0.6 is 23.4 Å². The molecule has 1 saturated heterocycles. The lowest BCUT2D eigenvalue weighted by atomic mass is 10.2. The third-order valence-electron chi connectivity index (χ3n) is 3.83. The van der Waals surface area contributed by atoms with Gasteiger partial charge in [0, 0.05) is 0 Å². The molecule has 0 bridgehead atoms. The quantitative estimate of drug-likeness (QED) is 0.447. The van der Waals surface area contributed by atoms with Gasteiger partial charge in [-0.2, -0.15) is 0 Å². The number of halogens is 1. The summed E-state index contributed by atoms with van der Waals surface area (Å²) in [4.78, 5) is 26.3. The van der Waals surface area contributed by atoms with Crippen LogP contribution in [-0.2, 0) is 4.79 Å². The Labute approximate surface area is 172 Å². The molecule has 0 unspecified atom stereocenters. The van der Waals surface area contributed by atoms with Gasteiger partial charge >= 0.3 is 0 Å². The van der Waals surface area contributed by atoms with E-state index in [9.17, 15) is 9.59 Å². The molecule has 5 nitrogen and oxygen atoms in total. The van der Waals surface area contributed by atoms with E-state index in [2.05, 4.69) is 6.58 Å². The van der Waals surface area contributed by atoms with Crippen LogP contribution in [0.5, 0.6) is 11.5 Å². The Balaban J connectivity index is 1.60. The molecule has 1 fully saturated rings. The van der Waals surface area contributed by atoms with Crippen LogP contribution in [0.2, 0.25) is 5.02 Å². The minimum atomic E-state index is -0.329. The van der Waals surface area contributed by atoms with Crippen molar-refractivity contribution in [3.05, 3.63) is 76.7 Å². The Morgan fingerprint density at radius 1 is 1.07 bits per heavy atom. The molecule has 3 rings (SSSR count). The number of benzene rings is 2. The number of nitrogens with zero attached hydrogens (tertiary/aromatic N) is 1. The third kappa shape index (κ3) is 4.97. The van der Waals surface area contributed by atoms with Crippen LogP contribution in [0.3, 0.4) is 0 Å². The summed E-state index contributed by atoms with van der Waals surface area (Å²) < 4.78 is 11.0. The number of ether oxygens (including phenoxy) is 2. The van der Waals surface area contributed by atoms with Gasteiger partial charge in [0.05, 0.1) is 16.5 Å². The molecular formula is C21H18ClNO4S. The molecule has 2 amide bonds. The number of hydrogen-bond acceptors (Lipinski definition) is 5. The summed E-state index contributed by atoms with van der Waals surface area (Å²) in [6.07, 6.45) is 3.36. The van der Waals surface area contributed by atoms with Gasteiger partial charge in [0.15, 0.2) is 0 Å². The lowest BCUT2D eigenvalue weighted by molar-refractivity contribution is -0.123. The Hall–Kier alpha value is -2.70. The normalized spacial score (nSPS) is 15.2. The standard InChI is InChI=1S/C21H18ClNO4S/c1-2-12-26-16-9-7-15(8-10-16)14-19-20(24)23(21(25)28-19)11-13-27-18-6-4-3-5-17(18)22/h2-10,14H,1,11-13H2/b19-14-. The summed E-state index contributed by atoms with van der Waals surface area (Å²) in [6.45, 7) is 4.35. The molecule has 0 aliphatic carbocycles. The zero-order valence-electron chi connectivity index (χ0n) is 15.0. The fraction of sp³-hybridized carbons (Fsp3) is 0.143. The molecule has 1 heterocycles. The topological polar surface area (TPSA) is 55.8 Å². The van der Waals surface area contributed by atoms with E-state index in [1.807, 2.05) is 12.1 Å². The summed E-state index contributed by atoms with van der Waals surface area (Å²) in [5, 5.41) is 0.169. The summed E-state index contributed by atoms with van der Waals surface area (Å²) >= 11 is 6.95. The van der Waals surface area contributed by atoms with Crippen molar-refractivity contribution in [1.29, 1.82) is 0 Å². The smallest absolute Gasteiger partial charge is 0.293 e. The number of para-hydroxylation sites is 1. The molecule has 28 heavy (non-hydrogen) atoms. The molecule has 2 aromatic rings. The first-order valence-corrected chi connectivity index (χ1v) is 9.74. The first-order chi connectivity index (χ1) is 13.6.